The number of ether oxygens (including phenoxy) is 1. The number of imidazole rings is 1. The van der Waals surface area contributed by atoms with Gasteiger partial charge in [-0.1, -0.05) is 11.3 Å². The van der Waals surface area contributed by atoms with Gasteiger partial charge in [-0.15, -0.1) is 5.10 Å². The number of aryl methyl sites for hydroxylation is 1. The Morgan fingerprint density at radius 1 is 1.16 bits per heavy atom. The summed E-state index contributed by atoms with van der Waals surface area (Å²) in [7, 11) is 1.53. The molecule has 0 spiro atoms. The standard InChI is InChI=1S/C25H21BrF4N6O2/c1-14-10-34(13-31-14)20-6-3-15(9-22(20)38-2)18-11-36(33-32-18)21-7-4-16-19(8-5-17(26)23(16)27)35(24(21)37)12-25(28,29)30/h3,5-6,8-11,13,21H,4,7,12H2,1-2H3/t21-/m1/s1. The summed E-state index contributed by atoms with van der Waals surface area (Å²) in [6, 6.07) is 6.84. The summed E-state index contributed by atoms with van der Waals surface area (Å²) >= 11 is 3.07. The molecule has 5 rings (SSSR count). The third kappa shape index (κ3) is 4.89. The third-order valence-corrected chi connectivity index (χ3v) is 6.93. The highest BCUT2D eigenvalue weighted by Gasteiger charge is 2.40. The lowest BCUT2D eigenvalue weighted by Gasteiger charge is -2.27. The first-order valence-electron chi connectivity index (χ1n) is 11.5. The Kier molecular flexibility index (Phi) is 6.72. The largest absolute Gasteiger partial charge is 0.495 e. The van der Waals surface area contributed by atoms with Crippen molar-refractivity contribution in [2.24, 2.45) is 0 Å². The van der Waals surface area contributed by atoms with Gasteiger partial charge in [0.15, 0.2) is 0 Å². The van der Waals surface area contributed by atoms with Crippen LogP contribution >= 0.6 is 15.9 Å². The molecule has 4 aromatic rings. The first-order valence-corrected chi connectivity index (χ1v) is 12.3. The van der Waals surface area contributed by atoms with Crippen LogP contribution in [-0.4, -0.2) is 50.3 Å². The molecule has 1 atom stereocenters. The van der Waals surface area contributed by atoms with E-state index in [1.54, 1.807) is 18.5 Å². The normalized spacial score (nSPS) is 15.9. The molecule has 1 aliphatic heterocycles. The maximum atomic E-state index is 14.9. The zero-order valence-corrected chi connectivity index (χ0v) is 21.8. The molecule has 38 heavy (non-hydrogen) atoms. The van der Waals surface area contributed by atoms with Gasteiger partial charge in [-0.05, 0) is 60.0 Å². The van der Waals surface area contributed by atoms with Crippen molar-refractivity contribution in [1.29, 1.82) is 0 Å². The number of amides is 1. The average Bonchev–Trinajstić information content (AvgIpc) is 3.51. The Morgan fingerprint density at radius 3 is 2.61 bits per heavy atom. The third-order valence-electron chi connectivity index (χ3n) is 6.31. The van der Waals surface area contributed by atoms with E-state index in [0.29, 0.717) is 21.9 Å². The number of carbonyl (C=O) groups excluding carboxylic acids is 1. The molecule has 8 nitrogen and oxygen atoms in total. The predicted molar refractivity (Wildman–Crippen MR) is 134 cm³/mol. The Labute approximate surface area is 223 Å². The Bertz CT molecular complexity index is 1520. The minimum Gasteiger partial charge on any atom is -0.495 e. The SMILES string of the molecule is COc1cc(-c2cn([C@@H]3CCc4c(ccc(Br)c4F)N(CC(F)(F)F)C3=O)nn2)ccc1-n1cnc(C)c1. The molecule has 0 aliphatic carbocycles. The first kappa shape index (κ1) is 25.9. The molecule has 0 radical (unpaired) electrons. The van der Waals surface area contributed by atoms with Crippen molar-refractivity contribution >= 4 is 27.5 Å². The van der Waals surface area contributed by atoms with Crippen LogP contribution in [0, 0.1) is 12.7 Å². The van der Waals surface area contributed by atoms with E-state index in [4.69, 9.17) is 4.74 Å². The van der Waals surface area contributed by atoms with Gasteiger partial charge in [-0.3, -0.25) is 4.79 Å². The summed E-state index contributed by atoms with van der Waals surface area (Å²) in [5, 5.41) is 8.21. The molecule has 2 aromatic heterocycles. The molecule has 1 aliphatic rings. The number of fused-ring (bicyclic) bond motifs is 1. The molecule has 3 heterocycles. The van der Waals surface area contributed by atoms with E-state index in [1.807, 2.05) is 23.8 Å². The van der Waals surface area contributed by atoms with Gasteiger partial charge in [0.05, 0.1) is 41.2 Å². The van der Waals surface area contributed by atoms with Gasteiger partial charge in [0, 0.05) is 17.3 Å². The topological polar surface area (TPSA) is 78.1 Å². The van der Waals surface area contributed by atoms with Gasteiger partial charge in [0.1, 0.15) is 29.8 Å². The van der Waals surface area contributed by atoms with Crippen LogP contribution in [0.1, 0.15) is 23.7 Å². The Hall–Kier alpha value is -3.74. The molecular formula is C25H21BrF4N6O2. The predicted octanol–water partition coefficient (Wildman–Crippen LogP) is 5.43. The lowest BCUT2D eigenvalue weighted by atomic mass is 10.1. The molecule has 0 fully saturated rings. The van der Waals surface area contributed by atoms with E-state index in [9.17, 15) is 22.4 Å². The van der Waals surface area contributed by atoms with Crippen molar-refractivity contribution in [2.75, 3.05) is 18.6 Å². The molecule has 0 N–H and O–H groups in total. The van der Waals surface area contributed by atoms with E-state index in [2.05, 4.69) is 31.2 Å². The molecule has 2 aromatic carbocycles. The minimum absolute atomic E-state index is 0.0351. The monoisotopic (exact) mass is 592 g/mol. The zero-order chi connectivity index (χ0) is 27.2. The summed E-state index contributed by atoms with van der Waals surface area (Å²) in [6.07, 6.45) is 0.383. The van der Waals surface area contributed by atoms with E-state index >= 15 is 0 Å². The van der Waals surface area contributed by atoms with Gasteiger partial charge < -0.3 is 14.2 Å². The van der Waals surface area contributed by atoms with Gasteiger partial charge in [0.2, 0.25) is 0 Å². The van der Waals surface area contributed by atoms with Crippen molar-refractivity contribution in [3.05, 3.63) is 70.6 Å². The van der Waals surface area contributed by atoms with Crippen LogP contribution in [0.5, 0.6) is 5.75 Å². The number of alkyl halides is 3. The van der Waals surface area contributed by atoms with Crippen molar-refractivity contribution in [3.63, 3.8) is 0 Å². The molecular weight excluding hydrogens is 572 g/mol. The van der Waals surface area contributed by atoms with E-state index < -0.39 is 30.5 Å². The van der Waals surface area contributed by atoms with Crippen LogP contribution in [0.4, 0.5) is 23.2 Å². The van der Waals surface area contributed by atoms with Crippen LogP contribution in [0.3, 0.4) is 0 Å². The van der Waals surface area contributed by atoms with Crippen LogP contribution in [0.2, 0.25) is 0 Å². The fraction of sp³-hybridized carbons (Fsp3) is 0.280. The van der Waals surface area contributed by atoms with Gasteiger partial charge in [-0.2, -0.15) is 13.2 Å². The number of aromatic nitrogens is 5. The summed E-state index contributed by atoms with van der Waals surface area (Å²) in [6.45, 7) is 0.316. The molecule has 1 amide bonds. The zero-order valence-electron chi connectivity index (χ0n) is 20.2. The highest BCUT2D eigenvalue weighted by Crippen LogP contribution is 2.37. The van der Waals surface area contributed by atoms with Crippen molar-refractivity contribution < 1.29 is 27.1 Å². The van der Waals surface area contributed by atoms with Gasteiger partial charge in [-0.25, -0.2) is 14.1 Å². The fourth-order valence-electron chi connectivity index (χ4n) is 4.53. The second-order valence-electron chi connectivity index (χ2n) is 8.85. The number of anilines is 1. The lowest BCUT2D eigenvalue weighted by molar-refractivity contribution is -0.134. The fourth-order valence-corrected chi connectivity index (χ4v) is 4.90. The van der Waals surface area contributed by atoms with Crippen molar-refractivity contribution in [3.8, 4) is 22.7 Å². The molecule has 0 saturated heterocycles. The summed E-state index contributed by atoms with van der Waals surface area (Å²) in [5.74, 6) is -1.00. The maximum Gasteiger partial charge on any atom is 0.406 e. The number of hydrogen-bond donors (Lipinski definition) is 0. The molecule has 198 valence electrons. The van der Waals surface area contributed by atoms with Crippen LogP contribution in [0.15, 0.2) is 53.5 Å². The first-order chi connectivity index (χ1) is 18.1. The summed E-state index contributed by atoms with van der Waals surface area (Å²) in [5.41, 5.74) is 2.53. The number of nitrogens with zero attached hydrogens (tertiary/aromatic N) is 6. The Balaban J connectivity index is 1.49. The van der Waals surface area contributed by atoms with E-state index in [-0.39, 0.29) is 28.6 Å². The van der Waals surface area contributed by atoms with Crippen molar-refractivity contribution in [2.45, 2.75) is 32.0 Å². The number of methoxy groups -OCH3 is 1. The highest BCUT2D eigenvalue weighted by molar-refractivity contribution is 9.10. The quantitative estimate of drug-likeness (QED) is 0.289. The van der Waals surface area contributed by atoms with Crippen LogP contribution in [0.25, 0.3) is 16.9 Å². The van der Waals surface area contributed by atoms with E-state index in [0.717, 1.165) is 11.4 Å². The van der Waals surface area contributed by atoms with Crippen LogP contribution < -0.4 is 9.64 Å². The number of benzene rings is 2. The minimum atomic E-state index is -4.69. The second-order valence-corrected chi connectivity index (χ2v) is 9.70. The lowest BCUT2D eigenvalue weighted by Crippen LogP contribution is -2.42. The van der Waals surface area contributed by atoms with Crippen LogP contribution in [-0.2, 0) is 11.2 Å². The number of hydrogen-bond acceptors (Lipinski definition) is 5. The maximum absolute atomic E-state index is 14.9. The number of halogens is 5. The summed E-state index contributed by atoms with van der Waals surface area (Å²) < 4.78 is 63.9. The summed E-state index contributed by atoms with van der Waals surface area (Å²) in [4.78, 5) is 18.2. The Morgan fingerprint density at radius 2 is 1.92 bits per heavy atom. The second kappa shape index (κ2) is 9.86. The molecule has 0 bridgehead atoms. The molecule has 0 unspecified atom stereocenters. The average molecular weight is 593 g/mol. The van der Waals surface area contributed by atoms with Crippen molar-refractivity contribution in [1.82, 2.24) is 24.5 Å². The van der Waals surface area contributed by atoms with Gasteiger partial charge in [0.25, 0.3) is 5.91 Å². The smallest absolute Gasteiger partial charge is 0.406 e. The molecule has 0 saturated carbocycles. The van der Waals surface area contributed by atoms with E-state index in [1.165, 1.54) is 30.1 Å². The number of rotatable bonds is 5. The molecule has 13 heteroatoms. The van der Waals surface area contributed by atoms with Gasteiger partial charge >= 0.3 is 6.18 Å². The highest BCUT2D eigenvalue weighted by atomic mass is 79.9. The number of carbonyl (C=O) groups is 1.